The molecular formula is C14H20F2O. The van der Waals surface area contributed by atoms with E-state index in [4.69, 9.17) is 0 Å². The van der Waals surface area contributed by atoms with Crippen LogP contribution in [0.1, 0.15) is 58.3 Å². The Morgan fingerprint density at radius 1 is 1.29 bits per heavy atom. The van der Waals surface area contributed by atoms with Gasteiger partial charge in [-0.3, -0.25) is 4.79 Å². The van der Waals surface area contributed by atoms with Crippen LogP contribution >= 0.6 is 0 Å². The first-order valence-corrected chi connectivity index (χ1v) is 6.44. The van der Waals surface area contributed by atoms with Crippen LogP contribution in [0.5, 0.6) is 0 Å². The van der Waals surface area contributed by atoms with Crippen LogP contribution in [0.4, 0.5) is 8.78 Å². The van der Waals surface area contributed by atoms with Crippen LogP contribution < -0.4 is 0 Å². The number of hydrogen-bond acceptors (Lipinski definition) is 1. The lowest BCUT2D eigenvalue weighted by atomic mass is 9.91. The molecular weight excluding hydrogens is 222 g/mol. The molecule has 1 nitrogen and oxygen atoms in total. The first-order valence-electron chi connectivity index (χ1n) is 6.44. The highest BCUT2D eigenvalue weighted by Crippen LogP contribution is 2.25. The summed E-state index contributed by atoms with van der Waals surface area (Å²) in [6.07, 6.45) is 6.28. The Labute approximate surface area is 102 Å². The third kappa shape index (κ3) is 4.41. The van der Waals surface area contributed by atoms with E-state index in [2.05, 4.69) is 0 Å². The van der Waals surface area contributed by atoms with Gasteiger partial charge in [0.15, 0.2) is 5.78 Å². The maximum atomic E-state index is 12.8. The number of Topliss-reactive ketones (excluding diaryl/α,β-unsaturated/α-hetero) is 1. The second kappa shape index (κ2) is 7.36. The minimum Gasteiger partial charge on any atom is -0.289 e. The molecule has 0 aromatic rings. The summed E-state index contributed by atoms with van der Waals surface area (Å²) in [5, 5.41) is 0. The molecule has 96 valence electrons. The normalized spacial score (nSPS) is 15.4. The van der Waals surface area contributed by atoms with Gasteiger partial charge in [0.05, 0.1) is 5.57 Å². The molecule has 0 unspecified atom stereocenters. The molecule has 3 heteroatoms. The molecule has 0 saturated heterocycles. The number of carbonyl (C=O) groups is 1. The van der Waals surface area contributed by atoms with E-state index in [0.717, 1.165) is 32.1 Å². The van der Waals surface area contributed by atoms with E-state index in [1.165, 1.54) is 0 Å². The molecule has 0 amide bonds. The summed E-state index contributed by atoms with van der Waals surface area (Å²) in [5.74, 6) is -0.416. The lowest BCUT2D eigenvalue weighted by Crippen LogP contribution is -2.10. The van der Waals surface area contributed by atoms with Crippen molar-refractivity contribution in [1.29, 1.82) is 0 Å². The Hall–Kier alpha value is -0.990. The third-order valence-electron chi connectivity index (χ3n) is 3.12. The number of halogens is 2. The molecule has 0 aromatic carbocycles. The van der Waals surface area contributed by atoms with Crippen molar-refractivity contribution in [3.8, 4) is 0 Å². The quantitative estimate of drug-likeness (QED) is 0.483. The Kier molecular flexibility index (Phi) is 6.09. The highest BCUT2D eigenvalue weighted by molar-refractivity contribution is 6.08. The highest BCUT2D eigenvalue weighted by atomic mass is 19.3. The topological polar surface area (TPSA) is 17.1 Å². The minimum atomic E-state index is -1.79. The zero-order chi connectivity index (χ0) is 12.7. The van der Waals surface area contributed by atoms with E-state index < -0.39 is 11.9 Å². The van der Waals surface area contributed by atoms with Crippen LogP contribution in [0.3, 0.4) is 0 Å². The van der Waals surface area contributed by atoms with Gasteiger partial charge in [0.2, 0.25) is 0 Å². The summed E-state index contributed by atoms with van der Waals surface area (Å²) >= 11 is 0. The van der Waals surface area contributed by atoms with Crippen LogP contribution in [-0.2, 0) is 4.79 Å². The summed E-state index contributed by atoms with van der Waals surface area (Å²) < 4.78 is 25.5. The van der Waals surface area contributed by atoms with E-state index in [1.807, 2.05) is 13.0 Å². The summed E-state index contributed by atoms with van der Waals surface area (Å²) in [7, 11) is 0. The van der Waals surface area contributed by atoms with Crippen molar-refractivity contribution in [1.82, 2.24) is 0 Å². The molecule has 1 aliphatic rings. The van der Waals surface area contributed by atoms with Gasteiger partial charge in [-0.2, -0.15) is 8.78 Å². The van der Waals surface area contributed by atoms with Gasteiger partial charge in [-0.1, -0.05) is 25.8 Å². The van der Waals surface area contributed by atoms with E-state index in [0.29, 0.717) is 18.4 Å². The number of hydrogen-bond donors (Lipinski definition) is 0. The van der Waals surface area contributed by atoms with E-state index in [-0.39, 0.29) is 12.0 Å². The largest absolute Gasteiger partial charge is 0.289 e. The minimum absolute atomic E-state index is 0.215. The predicted molar refractivity (Wildman–Crippen MR) is 64.9 cm³/mol. The van der Waals surface area contributed by atoms with Crippen LogP contribution in [0, 0.1) is 0 Å². The molecule has 0 bridgehead atoms. The summed E-state index contributed by atoms with van der Waals surface area (Å²) in [6, 6.07) is 0. The van der Waals surface area contributed by atoms with Crippen molar-refractivity contribution in [3.63, 3.8) is 0 Å². The van der Waals surface area contributed by atoms with E-state index in [9.17, 15) is 13.6 Å². The van der Waals surface area contributed by atoms with Crippen molar-refractivity contribution in [2.75, 3.05) is 0 Å². The van der Waals surface area contributed by atoms with Gasteiger partial charge in [-0.15, -0.1) is 0 Å². The second-order valence-electron chi connectivity index (χ2n) is 4.50. The molecule has 1 aliphatic carbocycles. The Balaban J connectivity index is 2.67. The zero-order valence-corrected chi connectivity index (χ0v) is 10.4. The summed E-state index contributed by atoms with van der Waals surface area (Å²) in [6.45, 7) is 2.01. The molecule has 0 aliphatic heterocycles. The Morgan fingerprint density at radius 2 is 2.06 bits per heavy atom. The standard InChI is InChI=1S/C14H20F2O/c1-2-3-5-10-12(14(15)16)13(17)11-8-6-4-7-9-11/h8H,2-7,9-10H2,1H3. The van der Waals surface area contributed by atoms with Crippen molar-refractivity contribution in [3.05, 3.63) is 23.3 Å². The van der Waals surface area contributed by atoms with Gasteiger partial charge in [0.1, 0.15) is 0 Å². The molecule has 0 radical (unpaired) electrons. The van der Waals surface area contributed by atoms with E-state index >= 15 is 0 Å². The molecule has 0 saturated carbocycles. The summed E-state index contributed by atoms with van der Waals surface area (Å²) in [5.41, 5.74) is 0.335. The maximum Gasteiger partial charge on any atom is 0.277 e. The fraction of sp³-hybridized carbons (Fsp3) is 0.643. The first kappa shape index (κ1) is 14.1. The highest BCUT2D eigenvalue weighted by Gasteiger charge is 2.20. The van der Waals surface area contributed by atoms with Gasteiger partial charge in [0.25, 0.3) is 6.08 Å². The second-order valence-corrected chi connectivity index (χ2v) is 4.50. The van der Waals surface area contributed by atoms with Gasteiger partial charge >= 0.3 is 0 Å². The maximum absolute atomic E-state index is 12.8. The lowest BCUT2D eigenvalue weighted by Gasteiger charge is -2.13. The molecule has 0 aromatic heterocycles. The van der Waals surface area contributed by atoms with Gasteiger partial charge in [0, 0.05) is 0 Å². The molecule has 1 rings (SSSR count). The number of ketones is 1. The van der Waals surface area contributed by atoms with Crippen LogP contribution in [0.25, 0.3) is 0 Å². The van der Waals surface area contributed by atoms with E-state index in [1.54, 1.807) is 0 Å². The third-order valence-corrected chi connectivity index (χ3v) is 3.12. The number of rotatable bonds is 6. The molecule has 0 N–H and O–H groups in total. The van der Waals surface area contributed by atoms with Gasteiger partial charge < -0.3 is 0 Å². The van der Waals surface area contributed by atoms with Crippen molar-refractivity contribution >= 4 is 5.78 Å². The van der Waals surface area contributed by atoms with Crippen LogP contribution in [0.2, 0.25) is 0 Å². The smallest absolute Gasteiger partial charge is 0.277 e. The molecule has 17 heavy (non-hydrogen) atoms. The fourth-order valence-corrected chi connectivity index (χ4v) is 2.08. The van der Waals surface area contributed by atoms with Gasteiger partial charge in [-0.05, 0) is 44.1 Å². The fourth-order valence-electron chi connectivity index (χ4n) is 2.08. The summed E-state index contributed by atoms with van der Waals surface area (Å²) in [4.78, 5) is 11.9. The van der Waals surface area contributed by atoms with Crippen LogP contribution in [-0.4, -0.2) is 5.78 Å². The van der Waals surface area contributed by atoms with Crippen molar-refractivity contribution < 1.29 is 13.6 Å². The number of allylic oxidation sites excluding steroid dienone is 3. The Bertz CT molecular complexity index is 325. The van der Waals surface area contributed by atoms with Gasteiger partial charge in [-0.25, -0.2) is 0 Å². The molecule has 0 atom stereocenters. The lowest BCUT2D eigenvalue weighted by molar-refractivity contribution is -0.112. The zero-order valence-electron chi connectivity index (χ0n) is 10.4. The SMILES string of the molecule is CCCCCC(C(=O)C1=CCCCC1)=C(F)F. The van der Waals surface area contributed by atoms with Crippen molar-refractivity contribution in [2.45, 2.75) is 58.3 Å². The number of unbranched alkanes of at least 4 members (excludes halogenated alkanes) is 2. The monoisotopic (exact) mass is 242 g/mol. The molecule has 0 spiro atoms. The Morgan fingerprint density at radius 3 is 2.59 bits per heavy atom. The van der Waals surface area contributed by atoms with Crippen molar-refractivity contribution in [2.24, 2.45) is 0 Å². The molecule has 0 fully saturated rings. The number of carbonyl (C=O) groups excluding carboxylic acids is 1. The first-order chi connectivity index (χ1) is 8.16. The average Bonchev–Trinajstić information content (AvgIpc) is 2.34. The average molecular weight is 242 g/mol. The molecule has 0 heterocycles. The van der Waals surface area contributed by atoms with Crippen LogP contribution in [0.15, 0.2) is 23.3 Å². The predicted octanol–water partition coefficient (Wildman–Crippen LogP) is 4.79.